The first kappa shape index (κ1) is 11.5. The lowest BCUT2D eigenvalue weighted by Crippen LogP contribution is -2.11. The van der Waals surface area contributed by atoms with Gasteiger partial charge in [0.25, 0.3) is 0 Å². The smallest absolute Gasteiger partial charge is 0.122 e. The molecular weight excluding hydrogens is 200 g/mol. The second-order valence-corrected chi connectivity index (χ2v) is 5.01. The summed E-state index contributed by atoms with van der Waals surface area (Å²) < 4.78 is 5.30. The third kappa shape index (κ3) is 1.94. The van der Waals surface area contributed by atoms with Crippen molar-refractivity contribution in [3.05, 3.63) is 28.8 Å². The Morgan fingerprint density at radius 3 is 2.44 bits per heavy atom. The molecule has 2 nitrogen and oxygen atoms in total. The van der Waals surface area contributed by atoms with E-state index in [-0.39, 0.29) is 5.41 Å². The maximum atomic E-state index is 9.35. The molecule has 1 aromatic carbocycles. The molecule has 0 spiro atoms. The SMILES string of the molecule is COc1ccc(CC2(CO)CC2)c(C)c1C. The Bertz CT molecular complexity index is 392. The highest BCUT2D eigenvalue weighted by molar-refractivity contribution is 5.44. The molecule has 0 aromatic heterocycles. The molecule has 1 aliphatic carbocycles. The number of aliphatic hydroxyl groups excluding tert-OH is 1. The van der Waals surface area contributed by atoms with Gasteiger partial charge in [-0.2, -0.15) is 0 Å². The number of aliphatic hydroxyl groups is 1. The van der Waals surface area contributed by atoms with Gasteiger partial charge < -0.3 is 9.84 Å². The number of benzene rings is 1. The quantitative estimate of drug-likeness (QED) is 0.845. The molecule has 0 heterocycles. The molecule has 0 aliphatic heterocycles. The molecule has 2 heteroatoms. The van der Waals surface area contributed by atoms with Gasteiger partial charge in [0.05, 0.1) is 7.11 Å². The maximum absolute atomic E-state index is 9.35. The van der Waals surface area contributed by atoms with Gasteiger partial charge in [0.2, 0.25) is 0 Å². The van der Waals surface area contributed by atoms with Gasteiger partial charge in [-0.15, -0.1) is 0 Å². The van der Waals surface area contributed by atoms with Crippen molar-refractivity contribution in [2.75, 3.05) is 13.7 Å². The summed E-state index contributed by atoms with van der Waals surface area (Å²) in [6.07, 6.45) is 3.32. The van der Waals surface area contributed by atoms with E-state index in [9.17, 15) is 5.11 Å². The first-order valence-corrected chi connectivity index (χ1v) is 5.86. The first-order chi connectivity index (χ1) is 7.62. The van der Waals surface area contributed by atoms with Crippen LogP contribution in [0.4, 0.5) is 0 Å². The van der Waals surface area contributed by atoms with E-state index < -0.39 is 0 Å². The van der Waals surface area contributed by atoms with E-state index in [0.29, 0.717) is 6.61 Å². The Kier molecular flexibility index (Phi) is 2.94. The van der Waals surface area contributed by atoms with E-state index in [0.717, 1.165) is 25.0 Å². The summed E-state index contributed by atoms with van der Waals surface area (Å²) in [4.78, 5) is 0. The first-order valence-electron chi connectivity index (χ1n) is 5.86. The largest absolute Gasteiger partial charge is 0.496 e. The lowest BCUT2D eigenvalue weighted by atomic mass is 9.92. The summed E-state index contributed by atoms with van der Waals surface area (Å²) in [5.74, 6) is 0.954. The summed E-state index contributed by atoms with van der Waals surface area (Å²) in [6.45, 7) is 4.55. The van der Waals surface area contributed by atoms with E-state index in [1.54, 1.807) is 7.11 Å². The van der Waals surface area contributed by atoms with Gasteiger partial charge in [0, 0.05) is 6.61 Å². The molecule has 16 heavy (non-hydrogen) atoms. The van der Waals surface area contributed by atoms with Crippen molar-refractivity contribution in [3.8, 4) is 5.75 Å². The molecule has 0 atom stereocenters. The van der Waals surface area contributed by atoms with Crippen molar-refractivity contribution in [2.45, 2.75) is 33.1 Å². The van der Waals surface area contributed by atoms with Crippen LogP contribution in [0.2, 0.25) is 0 Å². The van der Waals surface area contributed by atoms with Crippen LogP contribution < -0.4 is 4.74 Å². The average molecular weight is 220 g/mol. The van der Waals surface area contributed by atoms with E-state index in [1.807, 2.05) is 6.07 Å². The lowest BCUT2D eigenvalue weighted by Gasteiger charge is -2.16. The molecule has 0 radical (unpaired) electrons. The van der Waals surface area contributed by atoms with Gasteiger partial charge in [-0.1, -0.05) is 6.07 Å². The van der Waals surface area contributed by atoms with Crippen molar-refractivity contribution in [2.24, 2.45) is 5.41 Å². The fraction of sp³-hybridized carbons (Fsp3) is 0.571. The van der Waals surface area contributed by atoms with Crippen LogP contribution in [-0.4, -0.2) is 18.8 Å². The second-order valence-electron chi connectivity index (χ2n) is 5.01. The summed E-state index contributed by atoms with van der Waals surface area (Å²) in [5.41, 5.74) is 4.06. The third-order valence-corrected chi connectivity index (χ3v) is 3.93. The molecule has 0 bridgehead atoms. The second kappa shape index (κ2) is 4.10. The monoisotopic (exact) mass is 220 g/mol. The minimum Gasteiger partial charge on any atom is -0.496 e. The Balaban J connectivity index is 2.25. The van der Waals surface area contributed by atoms with Gasteiger partial charge in [0.15, 0.2) is 0 Å². The Labute approximate surface area is 97.3 Å². The molecule has 88 valence electrons. The van der Waals surface area contributed by atoms with Crippen LogP contribution in [0.5, 0.6) is 5.75 Å². The van der Waals surface area contributed by atoms with Gasteiger partial charge in [-0.05, 0) is 61.3 Å². The topological polar surface area (TPSA) is 29.5 Å². The van der Waals surface area contributed by atoms with Gasteiger partial charge in [-0.25, -0.2) is 0 Å². The predicted octanol–water partition coefficient (Wildman–Crippen LogP) is 2.63. The Morgan fingerprint density at radius 2 is 1.94 bits per heavy atom. The van der Waals surface area contributed by atoms with E-state index in [4.69, 9.17) is 4.74 Å². The number of rotatable bonds is 4. The number of ether oxygens (including phenoxy) is 1. The van der Waals surface area contributed by atoms with Crippen LogP contribution in [0.25, 0.3) is 0 Å². The summed E-state index contributed by atoms with van der Waals surface area (Å²) in [5, 5.41) is 9.35. The van der Waals surface area contributed by atoms with Gasteiger partial charge >= 0.3 is 0 Å². The highest BCUT2D eigenvalue weighted by Crippen LogP contribution is 2.48. The third-order valence-electron chi connectivity index (χ3n) is 3.93. The number of methoxy groups -OCH3 is 1. The zero-order valence-corrected chi connectivity index (χ0v) is 10.3. The average Bonchev–Trinajstić information content (AvgIpc) is 3.06. The molecule has 0 unspecified atom stereocenters. The molecule has 1 saturated carbocycles. The van der Waals surface area contributed by atoms with Gasteiger partial charge in [-0.3, -0.25) is 0 Å². The predicted molar refractivity (Wildman–Crippen MR) is 64.9 cm³/mol. The van der Waals surface area contributed by atoms with Crippen molar-refractivity contribution < 1.29 is 9.84 Å². The minimum atomic E-state index is 0.186. The van der Waals surface area contributed by atoms with Crippen LogP contribution in [0, 0.1) is 19.3 Å². The van der Waals surface area contributed by atoms with Gasteiger partial charge in [0.1, 0.15) is 5.75 Å². The van der Waals surface area contributed by atoms with Crippen LogP contribution in [0.3, 0.4) is 0 Å². The fourth-order valence-corrected chi connectivity index (χ4v) is 2.24. The normalized spacial score (nSPS) is 17.2. The Hall–Kier alpha value is -1.02. The minimum absolute atomic E-state index is 0.186. The Morgan fingerprint density at radius 1 is 1.25 bits per heavy atom. The fourth-order valence-electron chi connectivity index (χ4n) is 2.24. The van der Waals surface area contributed by atoms with E-state index in [2.05, 4.69) is 19.9 Å². The summed E-state index contributed by atoms with van der Waals surface area (Å²) >= 11 is 0. The molecule has 2 rings (SSSR count). The van der Waals surface area contributed by atoms with Crippen LogP contribution in [0.15, 0.2) is 12.1 Å². The van der Waals surface area contributed by atoms with E-state index >= 15 is 0 Å². The standard InChI is InChI=1S/C14H20O2/c1-10-11(2)13(16-3)5-4-12(10)8-14(9-15)6-7-14/h4-5,15H,6-9H2,1-3H3. The summed E-state index contributed by atoms with van der Waals surface area (Å²) in [7, 11) is 1.71. The molecule has 1 N–H and O–H groups in total. The molecule has 1 fully saturated rings. The zero-order valence-electron chi connectivity index (χ0n) is 10.3. The molecule has 0 amide bonds. The maximum Gasteiger partial charge on any atom is 0.122 e. The van der Waals surface area contributed by atoms with Crippen molar-refractivity contribution in [3.63, 3.8) is 0 Å². The highest BCUT2D eigenvalue weighted by Gasteiger charge is 2.42. The molecular formula is C14H20O2. The van der Waals surface area contributed by atoms with Crippen LogP contribution in [-0.2, 0) is 6.42 Å². The number of hydrogen-bond donors (Lipinski definition) is 1. The molecule has 0 saturated heterocycles. The number of hydrogen-bond acceptors (Lipinski definition) is 2. The van der Waals surface area contributed by atoms with Crippen molar-refractivity contribution in [1.29, 1.82) is 0 Å². The van der Waals surface area contributed by atoms with Crippen LogP contribution >= 0.6 is 0 Å². The highest BCUT2D eigenvalue weighted by atomic mass is 16.5. The zero-order chi connectivity index (χ0) is 11.8. The molecule has 1 aliphatic rings. The van der Waals surface area contributed by atoms with Crippen molar-refractivity contribution >= 4 is 0 Å². The molecule has 1 aromatic rings. The van der Waals surface area contributed by atoms with Crippen molar-refractivity contribution in [1.82, 2.24) is 0 Å². The lowest BCUT2D eigenvalue weighted by molar-refractivity contribution is 0.211. The van der Waals surface area contributed by atoms with E-state index in [1.165, 1.54) is 16.7 Å². The van der Waals surface area contributed by atoms with Crippen LogP contribution in [0.1, 0.15) is 29.5 Å². The summed E-state index contributed by atoms with van der Waals surface area (Å²) in [6, 6.07) is 4.17.